The van der Waals surface area contributed by atoms with Crippen LogP contribution in [0.3, 0.4) is 0 Å². The van der Waals surface area contributed by atoms with Crippen LogP contribution in [0.2, 0.25) is 10.0 Å². The fourth-order valence-electron chi connectivity index (χ4n) is 2.38. The largest absolute Gasteiger partial charge is 0.478 e. The van der Waals surface area contributed by atoms with Crippen LogP contribution >= 0.6 is 39.5 Å². The second kappa shape index (κ2) is 19.2. The number of halogens is 3. The number of carbonyl (C=O) groups is 3. The van der Waals surface area contributed by atoms with E-state index < -0.39 is 11.9 Å². The van der Waals surface area contributed by atoms with Crippen LogP contribution in [0.4, 0.5) is 0 Å². The van der Waals surface area contributed by atoms with Crippen molar-refractivity contribution in [1.82, 2.24) is 0 Å². The zero-order valence-corrected chi connectivity index (χ0v) is 23.0. The van der Waals surface area contributed by atoms with E-state index in [1.54, 1.807) is 74.5 Å². The van der Waals surface area contributed by atoms with Crippen molar-refractivity contribution in [1.29, 1.82) is 0 Å². The Morgan fingerprint density at radius 3 is 1.32 bits per heavy atom. The minimum Gasteiger partial charge on any atom is -0.478 e. The molecule has 2 unspecified atom stereocenters. The highest BCUT2D eigenvalue weighted by Crippen LogP contribution is 2.14. The number of rotatable bonds is 5. The van der Waals surface area contributed by atoms with E-state index in [0.717, 1.165) is 0 Å². The molecule has 0 radical (unpaired) electrons. The van der Waals surface area contributed by atoms with Gasteiger partial charge in [0.15, 0.2) is 16.3 Å². The summed E-state index contributed by atoms with van der Waals surface area (Å²) in [5, 5.41) is 34.6. The molecule has 0 spiro atoms. The van der Waals surface area contributed by atoms with Crippen molar-refractivity contribution in [2.45, 2.75) is 32.5 Å². The van der Waals surface area contributed by atoms with Gasteiger partial charge in [-0.15, -0.1) is 0 Å². The molecule has 4 N–H and O–H groups in total. The first kappa shape index (κ1) is 34.1. The SMILES string of the molecule is CC(O)CC(C)O.O=C(O)c1ccccc1Cl.O=C(O)c1ccccc1Cl.O=C(OBr)c1ccccc1. The summed E-state index contributed by atoms with van der Waals surface area (Å²) < 4.78 is 4.31. The summed E-state index contributed by atoms with van der Waals surface area (Å²) in [4.78, 5) is 31.4. The van der Waals surface area contributed by atoms with Crippen molar-refractivity contribution in [3.8, 4) is 0 Å². The quantitative estimate of drug-likeness (QED) is 0.259. The van der Waals surface area contributed by atoms with Crippen LogP contribution in [0.25, 0.3) is 0 Å². The van der Waals surface area contributed by atoms with E-state index in [2.05, 4.69) is 20.1 Å². The molecule has 0 aliphatic heterocycles. The van der Waals surface area contributed by atoms with E-state index in [1.165, 1.54) is 12.1 Å². The predicted octanol–water partition coefficient (Wildman–Crippen LogP) is 6.37. The Balaban J connectivity index is 0.000000472. The summed E-state index contributed by atoms with van der Waals surface area (Å²) >= 11 is 13.7. The zero-order valence-electron chi connectivity index (χ0n) is 19.9. The predicted molar refractivity (Wildman–Crippen MR) is 146 cm³/mol. The fraction of sp³-hybridized carbons (Fsp3) is 0.192. The summed E-state index contributed by atoms with van der Waals surface area (Å²) in [7, 11) is 0. The minimum absolute atomic E-state index is 0.143. The Labute approximate surface area is 233 Å². The van der Waals surface area contributed by atoms with Crippen LogP contribution in [-0.2, 0) is 3.83 Å². The maximum atomic E-state index is 10.7. The molecule has 3 aromatic rings. The highest BCUT2D eigenvalue weighted by molar-refractivity contribution is 9.06. The molecule has 0 heterocycles. The first-order valence-corrected chi connectivity index (χ1v) is 12.0. The summed E-state index contributed by atoms with van der Waals surface area (Å²) in [5.41, 5.74) is 0.827. The molecule has 0 aliphatic carbocycles. The second-order valence-electron chi connectivity index (χ2n) is 7.23. The van der Waals surface area contributed by atoms with Gasteiger partial charge >= 0.3 is 17.9 Å². The van der Waals surface area contributed by atoms with Gasteiger partial charge in [-0.05, 0) is 56.7 Å². The van der Waals surface area contributed by atoms with Crippen molar-refractivity contribution in [2.75, 3.05) is 0 Å². The van der Waals surface area contributed by atoms with Gasteiger partial charge in [0.1, 0.15) is 0 Å². The molecule has 200 valence electrons. The molecule has 0 fully saturated rings. The molecule has 0 saturated heterocycles. The molecule has 0 aliphatic rings. The van der Waals surface area contributed by atoms with Gasteiger partial charge in [-0.2, -0.15) is 0 Å². The summed E-state index contributed by atoms with van der Waals surface area (Å²) in [6, 6.07) is 21.4. The van der Waals surface area contributed by atoms with Gasteiger partial charge in [0.05, 0.1) is 38.9 Å². The lowest BCUT2D eigenvalue weighted by molar-refractivity contribution is 0.0686. The molecule has 8 nitrogen and oxygen atoms in total. The number of benzene rings is 3. The first-order chi connectivity index (χ1) is 17.4. The Hall–Kier alpha value is -2.95. The van der Waals surface area contributed by atoms with Crippen molar-refractivity contribution >= 4 is 57.4 Å². The van der Waals surface area contributed by atoms with Crippen LogP contribution in [0.15, 0.2) is 78.9 Å². The van der Waals surface area contributed by atoms with Gasteiger partial charge in [-0.25, -0.2) is 14.4 Å². The van der Waals surface area contributed by atoms with Gasteiger partial charge < -0.3 is 24.3 Å². The topological polar surface area (TPSA) is 141 Å². The maximum absolute atomic E-state index is 10.7. The zero-order chi connectivity index (χ0) is 28.4. The van der Waals surface area contributed by atoms with E-state index >= 15 is 0 Å². The Kier molecular flexibility index (Phi) is 17.7. The van der Waals surface area contributed by atoms with Crippen molar-refractivity contribution < 1.29 is 38.6 Å². The average Bonchev–Trinajstić information content (AvgIpc) is 2.84. The van der Waals surface area contributed by atoms with Crippen molar-refractivity contribution in [3.05, 3.63) is 106 Å². The van der Waals surface area contributed by atoms with E-state index in [0.29, 0.717) is 12.0 Å². The third-order valence-corrected chi connectivity index (χ3v) is 4.92. The fourth-order valence-corrected chi connectivity index (χ4v) is 3.00. The number of carbonyl (C=O) groups excluding carboxylic acids is 1. The van der Waals surface area contributed by atoms with E-state index in [4.69, 9.17) is 43.6 Å². The third-order valence-electron chi connectivity index (χ3n) is 3.97. The first-order valence-electron chi connectivity index (χ1n) is 10.6. The van der Waals surface area contributed by atoms with Crippen LogP contribution in [0, 0.1) is 0 Å². The smallest absolute Gasteiger partial charge is 0.349 e. The molecule has 0 amide bonds. The summed E-state index contributed by atoms with van der Waals surface area (Å²) in [6.07, 6.45) is -0.278. The second-order valence-corrected chi connectivity index (χ2v) is 8.37. The van der Waals surface area contributed by atoms with E-state index in [-0.39, 0.29) is 39.3 Å². The number of carboxylic acid groups (broad SMARTS) is 2. The molecule has 37 heavy (non-hydrogen) atoms. The number of aliphatic hydroxyl groups excluding tert-OH is 2. The normalized spacial score (nSPS) is 11.0. The lowest BCUT2D eigenvalue weighted by atomic mass is 10.2. The molecule has 11 heteroatoms. The molecule has 0 saturated carbocycles. The highest BCUT2D eigenvalue weighted by atomic mass is 79.9. The molecule has 2 atom stereocenters. The Bertz CT molecular complexity index is 1050. The van der Waals surface area contributed by atoms with Crippen LogP contribution in [0.1, 0.15) is 51.3 Å². The van der Waals surface area contributed by atoms with Gasteiger partial charge in [0.2, 0.25) is 0 Å². The standard InChI is InChI=1S/C7H5BrO2.2C7H5ClO2.C5H12O2/c8-10-7(9)6-4-2-1-3-5-6;2*8-6-4-2-1-3-5(6)7(9)10;1-4(6)3-5(2)7/h1-5H;2*1-4H,(H,9,10);4-7H,3H2,1-2H3. The maximum Gasteiger partial charge on any atom is 0.349 e. The van der Waals surface area contributed by atoms with Crippen molar-refractivity contribution in [2.24, 2.45) is 0 Å². The molecular formula is C26H27BrCl2O8. The lowest BCUT2D eigenvalue weighted by Crippen LogP contribution is -2.10. The molecule has 3 aromatic carbocycles. The molecule has 0 aromatic heterocycles. The summed E-state index contributed by atoms with van der Waals surface area (Å²) in [6.45, 7) is 3.32. The Morgan fingerprint density at radius 1 is 0.730 bits per heavy atom. The number of hydrogen-bond acceptors (Lipinski definition) is 6. The minimum atomic E-state index is -0.995. The number of carboxylic acids is 2. The lowest BCUT2D eigenvalue weighted by Gasteiger charge is -2.04. The van der Waals surface area contributed by atoms with Crippen LogP contribution < -0.4 is 0 Å². The number of hydrogen-bond donors (Lipinski definition) is 4. The molecule has 0 bridgehead atoms. The highest BCUT2D eigenvalue weighted by Gasteiger charge is 2.06. The van der Waals surface area contributed by atoms with Gasteiger partial charge in [-0.3, -0.25) is 0 Å². The number of aliphatic hydroxyl groups is 2. The van der Waals surface area contributed by atoms with E-state index in [1.807, 2.05) is 6.07 Å². The third kappa shape index (κ3) is 15.7. The summed E-state index contributed by atoms with van der Waals surface area (Å²) in [5.74, 6) is -2.36. The monoisotopic (exact) mass is 616 g/mol. The van der Waals surface area contributed by atoms with Crippen LogP contribution in [0.5, 0.6) is 0 Å². The molecule has 3 rings (SSSR count). The Morgan fingerprint density at radius 2 is 1.08 bits per heavy atom. The average molecular weight is 618 g/mol. The van der Waals surface area contributed by atoms with Gasteiger partial charge in [0.25, 0.3) is 0 Å². The number of aromatic carboxylic acids is 2. The van der Waals surface area contributed by atoms with Crippen LogP contribution in [-0.4, -0.2) is 50.5 Å². The van der Waals surface area contributed by atoms with E-state index in [9.17, 15) is 14.4 Å². The van der Waals surface area contributed by atoms with Gasteiger partial charge in [0, 0.05) is 0 Å². The van der Waals surface area contributed by atoms with Crippen molar-refractivity contribution in [3.63, 3.8) is 0 Å². The molecular weight excluding hydrogens is 591 g/mol. The van der Waals surface area contributed by atoms with Gasteiger partial charge in [-0.1, -0.05) is 65.7 Å².